The first-order valence-corrected chi connectivity index (χ1v) is 5.93. The summed E-state index contributed by atoms with van der Waals surface area (Å²) in [7, 11) is 0. The van der Waals surface area contributed by atoms with Gasteiger partial charge in [0.15, 0.2) is 6.61 Å². The van der Waals surface area contributed by atoms with Gasteiger partial charge in [0.2, 0.25) is 0 Å². The first-order chi connectivity index (χ1) is 7.49. The van der Waals surface area contributed by atoms with E-state index in [1.807, 2.05) is 0 Å². The molecule has 0 aromatic heterocycles. The summed E-state index contributed by atoms with van der Waals surface area (Å²) in [4.78, 5) is 11.2. The van der Waals surface area contributed by atoms with E-state index >= 15 is 0 Å². The van der Waals surface area contributed by atoms with Crippen molar-refractivity contribution in [2.45, 2.75) is 20.0 Å². The van der Waals surface area contributed by atoms with Gasteiger partial charge in [-0.1, -0.05) is 11.6 Å². The predicted molar refractivity (Wildman–Crippen MR) is 65.9 cm³/mol. The van der Waals surface area contributed by atoms with Crippen molar-refractivity contribution in [1.82, 2.24) is 0 Å². The maximum atomic E-state index is 11.2. The fourth-order valence-electron chi connectivity index (χ4n) is 1.03. The third-order valence-electron chi connectivity index (χ3n) is 1.61. The number of ether oxygens (including phenoxy) is 2. The Morgan fingerprint density at radius 3 is 2.75 bits per heavy atom. The first kappa shape index (κ1) is 13.3. The van der Waals surface area contributed by atoms with Gasteiger partial charge in [0.1, 0.15) is 5.75 Å². The predicted octanol–water partition coefficient (Wildman–Crippen LogP) is 3.43. The Hall–Kier alpha value is -0.740. The number of esters is 1. The van der Waals surface area contributed by atoms with Crippen molar-refractivity contribution in [1.29, 1.82) is 0 Å². The maximum Gasteiger partial charge on any atom is 0.344 e. The highest BCUT2D eigenvalue weighted by atomic mass is 79.9. The molecular weight excluding hydrogens is 295 g/mol. The molecule has 0 spiro atoms. The Kier molecular flexibility index (Phi) is 5.09. The zero-order valence-corrected chi connectivity index (χ0v) is 11.3. The molecule has 5 heteroatoms. The van der Waals surface area contributed by atoms with Crippen molar-refractivity contribution in [2.75, 3.05) is 6.61 Å². The minimum absolute atomic E-state index is 0.113. The molecule has 0 aliphatic carbocycles. The lowest BCUT2D eigenvalue weighted by Crippen LogP contribution is -2.18. The number of carbonyl (C=O) groups excluding carboxylic acids is 1. The topological polar surface area (TPSA) is 35.5 Å². The number of carbonyl (C=O) groups is 1. The highest BCUT2D eigenvalue weighted by Crippen LogP contribution is 2.27. The lowest BCUT2D eigenvalue weighted by Gasteiger charge is -2.10. The molecule has 0 amide bonds. The lowest BCUT2D eigenvalue weighted by molar-refractivity contribution is -0.149. The molecule has 0 N–H and O–H groups in total. The van der Waals surface area contributed by atoms with Gasteiger partial charge in [-0.2, -0.15) is 0 Å². The summed E-state index contributed by atoms with van der Waals surface area (Å²) in [5.41, 5.74) is 0. The van der Waals surface area contributed by atoms with Crippen molar-refractivity contribution >= 4 is 33.5 Å². The molecule has 3 nitrogen and oxygen atoms in total. The second-order valence-corrected chi connectivity index (χ2v) is 4.69. The Bertz CT molecular complexity index is 379. The van der Waals surface area contributed by atoms with Gasteiger partial charge >= 0.3 is 5.97 Å². The molecule has 0 saturated heterocycles. The number of rotatable bonds is 4. The van der Waals surface area contributed by atoms with Crippen LogP contribution in [0.4, 0.5) is 0 Å². The van der Waals surface area contributed by atoms with Gasteiger partial charge in [-0.25, -0.2) is 4.79 Å². The summed E-state index contributed by atoms with van der Waals surface area (Å²) in [5.74, 6) is 0.168. The largest absolute Gasteiger partial charge is 0.481 e. The average molecular weight is 308 g/mol. The van der Waals surface area contributed by atoms with E-state index in [2.05, 4.69) is 15.9 Å². The fraction of sp³-hybridized carbons (Fsp3) is 0.364. The van der Waals surface area contributed by atoms with Gasteiger partial charge < -0.3 is 9.47 Å². The summed E-state index contributed by atoms with van der Waals surface area (Å²) in [6, 6.07) is 5.08. The second-order valence-electron chi connectivity index (χ2n) is 3.40. The Balaban J connectivity index is 2.51. The molecule has 0 unspecified atom stereocenters. The maximum absolute atomic E-state index is 11.2. The zero-order chi connectivity index (χ0) is 12.1. The number of hydrogen-bond acceptors (Lipinski definition) is 3. The van der Waals surface area contributed by atoms with E-state index in [0.29, 0.717) is 15.2 Å². The van der Waals surface area contributed by atoms with Crippen molar-refractivity contribution in [2.24, 2.45) is 0 Å². The van der Waals surface area contributed by atoms with E-state index in [1.54, 1.807) is 32.0 Å². The molecular formula is C11H12BrClO3. The molecule has 0 fully saturated rings. The molecule has 0 bridgehead atoms. The van der Waals surface area contributed by atoms with Crippen molar-refractivity contribution < 1.29 is 14.3 Å². The van der Waals surface area contributed by atoms with E-state index in [1.165, 1.54) is 0 Å². The Morgan fingerprint density at radius 1 is 1.50 bits per heavy atom. The first-order valence-electron chi connectivity index (χ1n) is 4.76. The summed E-state index contributed by atoms with van der Waals surface area (Å²) in [6.45, 7) is 3.46. The quantitative estimate of drug-likeness (QED) is 0.799. The van der Waals surface area contributed by atoms with Crippen LogP contribution < -0.4 is 4.74 Å². The van der Waals surface area contributed by atoms with Crippen molar-refractivity contribution in [3.05, 3.63) is 27.7 Å². The van der Waals surface area contributed by atoms with Crippen molar-refractivity contribution in [3.8, 4) is 5.75 Å². The SMILES string of the molecule is CC(C)OC(=O)COc1ccc(Cl)cc1Br. The van der Waals surface area contributed by atoms with E-state index in [-0.39, 0.29) is 12.7 Å². The van der Waals surface area contributed by atoms with Gasteiger partial charge in [0.05, 0.1) is 10.6 Å². The second kappa shape index (κ2) is 6.11. The summed E-state index contributed by atoms with van der Waals surface area (Å²) >= 11 is 9.06. The number of hydrogen-bond donors (Lipinski definition) is 0. The monoisotopic (exact) mass is 306 g/mol. The van der Waals surface area contributed by atoms with E-state index in [9.17, 15) is 4.79 Å². The third-order valence-corrected chi connectivity index (χ3v) is 2.46. The van der Waals surface area contributed by atoms with Crippen LogP contribution in [0.2, 0.25) is 5.02 Å². The fourth-order valence-corrected chi connectivity index (χ4v) is 1.82. The molecule has 0 aliphatic heterocycles. The van der Waals surface area contributed by atoms with Crippen LogP contribution in [0, 0.1) is 0 Å². The molecule has 1 rings (SSSR count). The number of benzene rings is 1. The van der Waals surface area contributed by atoms with E-state index in [0.717, 1.165) is 0 Å². The lowest BCUT2D eigenvalue weighted by atomic mass is 10.3. The Labute approximate surface area is 108 Å². The van der Waals surface area contributed by atoms with Gasteiger partial charge in [0, 0.05) is 5.02 Å². The van der Waals surface area contributed by atoms with Crippen LogP contribution in [0.1, 0.15) is 13.8 Å². The molecule has 0 aliphatic rings. The molecule has 88 valence electrons. The van der Waals surface area contributed by atoms with Crippen molar-refractivity contribution in [3.63, 3.8) is 0 Å². The van der Waals surface area contributed by atoms with Crippen LogP contribution in [-0.2, 0) is 9.53 Å². The van der Waals surface area contributed by atoms with Crippen LogP contribution in [0.15, 0.2) is 22.7 Å². The highest BCUT2D eigenvalue weighted by molar-refractivity contribution is 9.10. The normalized spacial score (nSPS) is 10.3. The van der Waals surface area contributed by atoms with E-state index < -0.39 is 5.97 Å². The van der Waals surface area contributed by atoms with E-state index in [4.69, 9.17) is 21.1 Å². The average Bonchev–Trinajstić information content (AvgIpc) is 2.15. The molecule has 1 aromatic carbocycles. The van der Waals surface area contributed by atoms with Crippen LogP contribution in [0.5, 0.6) is 5.75 Å². The molecule has 0 radical (unpaired) electrons. The summed E-state index contributed by atoms with van der Waals surface area (Å²) in [6.07, 6.45) is -0.134. The van der Waals surface area contributed by atoms with Crippen LogP contribution in [-0.4, -0.2) is 18.7 Å². The highest BCUT2D eigenvalue weighted by Gasteiger charge is 2.08. The minimum atomic E-state index is -0.392. The van der Waals surface area contributed by atoms with Gasteiger partial charge in [0.25, 0.3) is 0 Å². The standard InChI is InChI=1S/C11H12BrClO3/c1-7(2)16-11(14)6-15-10-4-3-8(13)5-9(10)12/h3-5,7H,6H2,1-2H3. The molecule has 0 heterocycles. The summed E-state index contributed by atoms with van der Waals surface area (Å²) < 4.78 is 10.9. The van der Waals surface area contributed by atoms with Gasteiger partial charge in [-0.3, -0.25) is 0 Å². The molecule has 0 saturated carbocycles. The molecule has 16 heavy (non-hydrogen) atoms. The van der Waals surface area contributed by atoms with Gasteiger partial charge in [-0.05, 0) is 48.0 Å². The van der Waals surface area contributed by atoms with Gasteiger partial charge in [-0.15, -0.1) is 0 Å². The molecule has 0 atom stereocenters. The Morgan fingerprint density at radius 2 is 2.19 bits per heavy atom. The molecule has 1 aromatic rings. The smallest absolute Gasteiger partial charge is 0.344 e. The minimum Gasteiger partial charge on any atom is -0.481 e. The number of halogens is 2. The van der Waals surface area contributed by atoms with Crippen LogP contribution in [0.25, 0.3) is 0 Å². The van der Waals surface area contributed by atoms with Crippen LogP contribution >= 0.6 is 27.5 Å². The third kappa shape index (κ3) is 4.41. The van der Waals surface area contributed by atoms with Crippen LogP contribution in [0.3, 0.4) is 0 Å². The summed E-state index contributed by atoms with van der Waals surface area (Å²) in [5, 5.41) is 0.601. The zero-order valence-electron chi connectivity index (χ0n) is 9.00.